The molecule has 5 aliphatic rings. The highest BCUT2D eigenvalue weighted by molar-refractivity contribution is 5.78. The van der Waals surface area contributed by atoms with Crippen LogP contribution in [0.2, 0.25) is 0 Å². The van der Waals surface area contributed by atoms with Crippen LogP contribution in [0.3, 0.4) is 0 Å². The molecule has 5 rings (SSSR count). The summed E-state index contributed by atoms with van der Waals surface area (Å²) in [5, 5.41) is 206. The van der Waals surface area contributed by atoms with Crippen molar-refractivity contribution in [1.82, 2.24) is 16.0 Å². The average molecular weight is 1590 g/mol. The molecule has 3 amide bonds. The number of nitrogens with one attached hydrogen (secondary N) is 3. The van der Waals surface area contributed by atoms with Crippen molar-refractivity contribution in [2.45, 2.75) is 391 Å². The molecule has 21 N–H and O–H groups in total. The molecule has 35 nitrogen and oxygen atoms in total. The minimum Gasteiger partial charge on any atom is -0.477 e. The lowest BCUT2D eigenvalue weighted by Gasteiger charge is -2.51. The van der Waals surface area contributed by atoms with Crippen LogP contribution in [0.25, 0.3) is 0 Å². The first-order chi connectivity index (χ1) is 52.8. The van der Waals surface area contributed by atoms with Gasteiger partial charge < -0.3 is 155 Å². The quantitative estimate of drug-likeness (QED) is 0.0249. The Morgan fingerprint density at radius 1 is 0.482 bits per heavy atom. The van der Waals surface area contributed by atoms with Crippen LogP contribution in [0, 0.1) is 0 Å². The normalized spacial score (nSPS) is 34.0. The standard InChI is InChI=1S/C75H135N3O32/c1-4-6-8-10-12-14-16-18-19-20-21-23-25-27-29-31-33-35-53(89)77-45(46(86)34-32-30-28-26-24-22-17-15-13-11-9-7-5-2)43-101-71-62(96)60(94)66(51(40-82)104-71)107-72-63(97)61(95)65(52(41-83)105-72)106-70-56(76-44(3)85)67(58(92)49(38-80)102-70)108-73-64(98)69(59(93)50(39-81)103-73)110-75(74(99)100)36-47(87)55(78-54(90)42-84)68(109-75)57(91)48(88)37-79/h32,34,45-52,55-73,79-84,86-88,91-98H,4-31,33,35-43H2,1-3H3,(H,76,85)(H,77,89)(H,78,90)(H,99,100)/b34-32+/t45-,46+,47?,48+,49?,50?,51?,52?,55+,56?,57+,58-,59-,60+,61+,62?,63?,64?,65-,66+,67+,68?,69-,70-,71+,72-,73-,75-/m0/s1. The number of amides is 3. The Labute approximate surface area is 645 Å². The highest BCUT2D eigenvalue weighted by Crippen LogP contribution is 2.40. The number of carbonyl (C=O) groups is 4. The van der Waals surface area contributed by atoms with Gasteiger partial charge in [0, 0.05) is 19.8 Å². The highest BCUT2D eigenvalue weighted by Gasteiger charge is 2.61. The molecule has 28 atom stereocenters. The van der Waals surface area contributed by atoms with Crippen molar-refractivity contribution in [3.05, 3.63) is 12.2 Å². The molecule has 35 heteroatoms. The van der Waals surface area contributed by atoms with Gasteiger partial charge in [-0.2, -0.15) is 0 Å². The van der Waals surface area contributed by atoms with Gasteiger partial charge in [0.15, 0.2) is 25.2 Å². The molecule has 5 saturated heterocycles. The van der Waals surface area contributed by atoms with E-state index >= 15 is 0 Å². The third kappa shape index (κ3) is 30.2. The lowest BCUT2D eigenvalue weighted by atomic mass is 9.88. The van der Waals surface area contributed by atoms with E-state index in [4.69, 9.17) is 47.4 Å². The van der Waals surface area contributed by atoms with Crippen LogP contribution in [0.1, 0.15) is 220 Å². The molecule has 5 heterocycles. The Bertz CT molecular complexity index is 2560. The van der Waals surface area contributed by atoms with Crippen molar-refractivity contribution in [3.63, 3.8) is 0 Å². The topological polar surface area (TPSA) is 561 Å². The fraction of sp³-hybridized carbons (Fsp3) is 0.920. The lowest BCUT2D eigenvalue weighted by Crippen LogP contribution is -2.71. The Morgan fingerprint density at radius 2 is 0.909 bits per heavy atom. The van der Waals surface area contributed by atoms with Crippen LogP contribution in [-0.2, 0) is 66.5 Å². The van der Waals surface area contributed by atoms with Crippen LogP contribution in [-0.4, -0.2) is 333 Å². The zero-order valence-electron chi connectivity index (χ0n) is 64.4. The molecule has 0 aromatic heterocycles. The maximum Gasteiger partial charge on any atom is 0.364 e. The van der Waals surface area contributed by atoms with Gasteiger partial charge in [-0.1, -0.05) is 193 Å². The Hall–Kier alpha value is -3.46. The van der Waals surface area contributed by atoms with Crippen LogP contribution < -0.4 is 16.0 Å². The molecule has 0 aromatic carbocycles. The first-order valence-corrected chi connectivity index (χ1v) is 40.3. The first kappa shape index (κ1) is 97.1. The van der Waals surface area contributed by atoms with Crippen molar-refractivity contribution in [3.8, 4) is 0 Å². The molecule has 642 valence electrons. The van der Waals surface area contributed by atoms with E-state index < -0.39 is 242 Å². The molecule has 10 unspecified atom stereocenters. The minimum absolute atomic E-state index is 0.174. The number of unbranched alkanes of at least 4 members (excludes halogenated alkanes) is 27. The van der Waals surface area contributed by atoms with E-state index in [1.54, 1.807) is 6.08 Å². The van der Waals surface area contributed by atoms with Gasteiger partial charge >= 0.3 is 5.97 Å². The number of aliphatic hydroxyl groups excluding tert-OH is 17. The molecule has 0 bridgehead atoms. The fourth-order valence-corrected chi connectivity index (χ4v) is 14.7. The molecular weight excluding hydrogens is 1450 g/mol. The van der Waals surface area contributed by atoms with Gasteiger partial charge in [0.25, 0.3) is 5.79 Å². The molecule has 110 heavy (non-hydrogen) atoms. The number of hydrogen-bond acceptors (Lipinski definition) is 31. The first-order valence-electron chi connectivity index (χ1n) is 40.3. The van der Waals surface area contributed by atoms with Crippen molar-refractivity contribution < 1.29 is 158 Å². The molecule has 0 spiro atoms. The second-order valence-electron chi connectivity index (χ2n) is 30.0. The summed E-state index contributed by atoms with van der Waals surface area (Å²) in [5.74, 6) is -7.83. The smallest absolute Gasteiger partial charge is 0.364 e. The maximum atomic E-state index is 13.5. The fourth-order valence-electron chi connectivity index (χ4n) is 14.7. The Kier molecular flexibility index (Phi) is 46.2. The molecule has 0 saturated carbocycles. The molecule has 0 aliphatic carbocycles. The molecule has 5 aliphatic heterocycles. The number of rotatable bonds is 55. The number of carboxylic acid groups (broad SMARTS) is 1. The van der Waals surface area contributed by atoms with Crippen LogP contribution in [0.15, 0.2) is 12.2 Å². The largest absolute Gasteiger partial charge is 0.477 e. The molecular formula is C75H135N3O32. The van der Waals surface area contributed by atoms with E-state index in [-0.39, 0.29) is 12.3 Å². The summed E-state index contributed by atoms with van der Waals surface area (Å²) in [6.07, 6.45) is -12.6. The maximum absolute atomic E-state index is 13.5. The lowest BCUT2D eigenvalue weighted by molar-refractivity contribution is -0.389. The van der Waals surface area contributed by atoms with Gasteiger partial charge in [-0.15, -0.1) is 0 Å². The third-order valence-corrected chi connectivity index (χ3v) is 21.2. The van der Waals surface area contributed by atoms with E-state index in [2.05, 4.69) is 29.8 Å². The second kappa shape index (κ2) is 52.3. The van der Waals surface area contributed by atoms with Crippen LogP contribution in [0.4, 0.5) is 0 Å². The summed E-state index contributed by atoms with van der Waals surface area (Å²) >= 11 is 0. The summed E-state index contributed by atoms with van der Waals surface area (Å²) < 4.78 is 58.8. The van der Waals surface area contributed by atoms with Gasteiger partial charge in [-0.25, -0.2) is 4.79 Å². The van der Waals surface area contributed by atoms with Gasteiger partial charge in [0.05, 0.1) is 63.9 Å². The predicted molar refractivity (Wildman–Crippen MR) is 389 cm³/mol. The SMILES string of the molecule is CCCCCCCCCCCCC/C=C/[C@@H](O)[C@H](CO[C@@H]1OC(CO)[C@@H](O[C@@H]2OC(CO)[C@H](O[C@@H]3OC(CO)[C@H](O)[C@H](O[C@@H]4OC(CO)[C@H](O)[C@H](O[C@]5(C(=O)O)CC(O)[C@@H](NC(=O)CO)C([C@H](O)[C@H](O)CO)O5)C4O)C3NC(C)=O)[C@H](O)C2O)[C@H](O)C1O)NC(=O)CCCCCCCCCCCCCCCCCCC. The van der Waals surface area contributed by atoms with E-state index in [1.807, 2.05) is 6.08 Å². The van der Waals surface area contributed by atoms with Gasteiger partial charge in [0.1, 0.15) is 123 Å². The highest BCUT2D eigenvalue weighted by atomic mass is 16.8. The minimum atomic E-state index is -3.27. The summed E-state index contributed by atoms with van der Waals surface area (Å²) in [5.41, 5.74) is 0. The van der Waals surface area contributed by atoms with Crippen molar-refractivity contribution in [2.24, 2.45) is 0 Å². The van der Waals surface area contributed by atoms with Crippen molar-refractivity contribution in [1.29, 1.82) is 0 Å². The van der Waals surface area contributed by atoms with Gasteiger partial charge in [-0.05, 0) is 19.3 Å². The number of carbonyl (C=O) groups excluding carboxylic acids is 3. The summed E-state index contributed by atoms with van der Waals surface area (Å²) in [6, 6.07) is -4.77. The number of ether oxygens (including phenoxy) is 10. The summed E-state index contributed by atoms with van der Waals surface area (Å²) in [6.45, 7) is -1.65. The molecule has 0 aromatic rings. The van der Waals surface area contributed by atoms with E-state index in [1.165, 1.54) is 122 Å². The Balaban J connectivity index is 1.24. The van der Waals surface area contributed by atoms with E-state index in [9.17, 15) is 111 Å². The third-order valence-electron chi connectivity index (χ3n) is 21.2. The number of hydrogen-bond donors (Lipinski definition) is 21. The Morgan fingerprint density at radius 3 is 1.38 bits per heavy atom. The zero-order valence-corrected chi connectivity index (χ0v) is 64.4. The second-order valence-corrected chi connectivity index (χ2v) is 30.0. The molecule has 0 radical (unpaired) electrons. The van der Waals surface area contributed by atoms with Gasteiger partial charge in [0.2, 0.25) is 17.7 Å². The van der Waals surface area contributed by atoms with Crippen LogP contribution >= 0.6 is 0 Å². The van der Waals surface area contributed by atoms with E-state index in [0.717, 1.165) is 58.3 Å². The van der Waals surface area contributed by atoms with E-state index in [0.29, 0.717) is 12.8 Å². The number of allylic oxidation sites excluding steroid dienone is 1. The average Bonchev–Trinajstić information content (AvgIpc) is 0.759. The van der Waals surface area contributed by atoms with Crippen molar-refractivity contribution >= 4 is 23.7 Å². The number of aliphatic carboxylic acids is 1. The predicted octanol–water partition coefficient (Wildman–Crippen LogP) is -1.29. The summed E-state index contributed by atoms with van der Waals surface area (Å²) in [4.78, 5) is 52.0. The van der Waals surface area contributed by atoms with Gasteiger partial charge in [-0.3, -0.25) is 14.4 Å². The zero-order chi connectivity index (χ0) is 80.9. The summed E-state index contributed by atoms with van der Waals surface area (Å²) in [7, 11) is 0. The van der Waals surface area contributed by atoms with Crippen molar-refractivity contribution in [2.75, 3.05) is 46.2 Å². The monoisotopic (exact) mass is 1590 g/mol. The molecule has 5 fully saturated rings. The number of carboxylic acids is 1. The van der Waals surface area contributed by atoms with Crippen LogP contribution in [0.5, 0.6) is 0 Å². The number of aliphatic hydroxyl groups is 17.